The molecule has 4 rings (SSSR count). The third-order valence-electron chi connectivity index (χ3n) is 4.51. The number of carbonyl (C=O) groups excluding carboxylic acids is 1. The van der Waals surface area contributed by atoms with E-state index in [4.69, 9.17) is 13.9 Å². The number of aryl methyl sites for hydroxylation is 1. The molecule has 4 aromatic rings. The third-order valence-corrected chi connectivity index (χ3v) is 4.51. The molecule has 0 saturated carbocycles. The first-order chi connectivity index (χ1) is 15.2. The van der Waals surface area contributed by atoms with Gasteiger partial charge in [0.25, 0.3) is 5.76 Å². The Labute approximate surface area is 179 Å². The van der Waals surface area contributed by atoms with Crippen LogP contribution in [0.1, 0.15) is 21.7 Å². The Morgan fingerprint density at radius 2 is 1.66 bits per heavy atom. The normalized spacial score (nSPS) is 11.4. The van der Waals surface area contributed by atoms with Crippen LogP contribution < -0.4 is 14.9 Å². The first kappa shape index (κ1) is 21.2. The zero-order valence-electron chi connectivity index (χ0n) is 16.6. The minimum absolute atomic E-state index is 0.0653. The van der Waals surface area contributed by atoms with Gasteiger partial charge < -0.3 is 13.9 Å². The molecule has 0 unspecified atom stereocenters. The van der Waals surface area contributed by atoms with E-state index >= 15 is 0 Å². The van der Waals surface area contributed by atoms with Crippen molar-refractivity contribution in [1.29, 1.82) is 0 Å². The summed E-state index contributed by atoms with van der Waals surface area (Å²) in [6, 6.07) is 17.9. The van der Waals surface area contributed by atoms with E-state index in [1.165, 1.54) is 36.4 Å². The lowest BCUT2D eigenvalue weighted by Gasteiger charge is -2.14. The average molecular weight is 440 g/mol. The third kappa shape index (κ3) is 4.34. The first-order valence-electron chi connectivity index (χ1n) is 9.42. The van der Waals surface area contributed by atoms with E-state index in [9.17, 15) is 22.8 Å². The molecule has 0 radical (unpaired) electrons. The van der Waals surface area contributed by atoms with Crippen molar-refractivity contribution in [2.75, 3.05) is 0 Å². The monoisotopic (exact) mass is 440 g/mol. The Kier molecular flexibility index (Phi) is 5.44. The SMILES string of the molecule is Cc1cccc(Oc2c(C(F)(F)F)oc3cc(OC(=O)c4ccccc4)ccc3c2=O)c1. The van der Waals surface area contributed by atoms with Crippen LogP contribution in [0.2, 0.25) is 0 Å². The van der Waals surface area contributed by atoms with Crippen molar-refractivity contribution in [1.82, 2.24) is 0 Å². The molecule has 0 amide bonds. The van der Waals surface area contributed by atoms with E-state index < -0.39 is 34.7 Å². The van der Waals surface area contributed by atoms with Crippen molar-refractivity contribution >= 4 is 16.9 Å². The number of esters is 1. The van der Waals surface area contributed by atoms with Gasteiger partial charge in [0, 0.05) is 6.07 Å². The number of alkyl halides is 3. The Morgan fingerprint density at radius 1 is 0.906 bits per heavy atom. The van der Waals surface area contributed by atoms with Crippen LogP contribution in [0.5, 0.6) is 17.2 Å². The van der Waals surface area contributed by atoms with E-state index in [-0.39, 0.29) is 22.4 Å². The molecule has 3 aromatic carbocycles. The van der Waals surface area contributed by atoms with Gasteiger partial charge in [0.1, 0.15) is 17.1 Å². The zero-order valence-corrected chi connectivity index (χ0v) is 16.6. The van der Waals surface area contributed by atoms with E-state index in [0.29, 0.717) is 0 Å². The molecule has 162 valence electrons. The van der Waals surface area contributed by atoms with Crippen LogP contribution in [0, 0.1) is 6.92 Å². The molecule has 0 atom stereocenters. The number of hydrogen-bond acceptors (Lipinski definition) is 5. The fourth-order valence-corrected chi connectivity index (χ4v) is 3.04. The van der Waals surface area contributed by atoms with Crippen LogP contribution in [0.3, 0.4) is 0 Å². The van der Waals surface area contributed by atoms with Gasteiger partial charge in [-0.15, -0.1) is 0 Å². The molecule has 1 heterocycles. The quantitative estimate of drug-likeness (QED) is 0.282. The molecule has 1 aromatic heterocycles. The number of halogens is 3. The largest absolute Gasteiger partial charge is 0.453 e. The first-order valence-corrected chi connectivity index (χ1v) is 9.42. The highest BCUT2D eigenvalue weighted by Gasteiger charge is 2.40. The number of fused-ring (bicyclic) bond motifs is 1. The lowest BCUT2D eigenvalue weighted by molar-refractivity contribution is -0.154. The van der Waals surface area contributed by atoms with Crippen LogP contribution >= 0.6 is 0 Å². The average Bonchev–Trinajstić information content (AvgIpc) is 2.75. The van der Waals surface area contributed by atoms with Crippen molar-refractivity contribution in [3.8, 4) is 17.2 Å². The highest BCUT2D eigenvalue weighted by Crippen LogP contribution is 2.38. The minimum atomic E-state index is -5.00. The fraction of sp³-hybridized carbons (Fsp3) is 0.0833. The second-order valence-electron chi connectivity index (χ2n) is 6.92. The van der Waals surface area contributed by atoms with Gasteiger partial charge in [0.2, 0.25) is 11.2 Å². The van der Waals surface area contributed by atoms with Gasteiger partial charge in [-0.1, -0.05) is 30.3 Å². The Bertz CT molecular complexity index is 1360. The van der Waals surface area contributed by atoms with Crippen molar-refractivity contribution in [3.05, 3.63) is 99.9 Å². The molecule has 0 spiro atoms. The van der Waals surface area contributed by atoms with Gasteiger partial charge in [-0.05, 0) is 48.9 Å². The van der Waals surface area contributed by atoms with Crippen molar-refractivity contribution in [2.45, 2.75) is 13.1 Å². The van der Waals surface area contributed by atoms with Crippen LogP contribution in [-0.2, 0) is 6.18 Å². The highest BCUT2D eigenvalue weighted by atomic mass is 19.4. The van der Waals surface area contributed by atoms with Gasteiger partial charge >= 0.3 is 12.1 Å². The summed E-state index contributed by atoms with van der Waals surface area (Å²) in [4.78, 5) is 25.1. The number of carbonyl (C=O) groups is 1. The number of rotatable bonds is 4. The minimum Gasteiger partial charge on any atom is -0.449 e. The topological polar surface area (TPSA) is 65.7 Å². The zero-order chi connectivity index (χ0) is 22.9. The van der Waals surface area contributed by atoms with Crippen LogP contribution in [0.4, 0.5) is 13.2 Å². The van der Waals surface area contributed by atoms with Crippen molar-refractivity contribution < 1.29 is 31.9 Å². The Balaban J connectivity index is 1.77. The molecular formula is C24H15F3O5. The highest BCUT2D eigenvalue weighted by molar-refractivity contribution is 5.91. The summed E-state index contributed by atoms with van der Waals surface area (Å²) in [7, 11) is 0. The maximum atomic E-state index is 13.7. The summed E-state index contributed by atoms with van der Waals surface area (Å²) >= 11 is 0. The molecule has 0 aliphatic heterocycles. The van der Waals surface area contributed by atoms with Gasteiger partial charge in [-0.3, -0.25) is 4.79 Å². The van der Waals surface area contributed by atoms with Crippen LogP contribution in [0.15, 0.2) is 82.0 Å². The summed E-state index contributed by atoms with van der Waals surface area (Å²) in [6.45, 7) is 1.73. The van der Waals surface area contributed by atoms with Gasteiger partial charge in [-0.2, -0.15) is 13.2 Å². The Hall–Kier alpha value is -4.07. The van der Waals surface area contributed by atoms with Crippen LogP contribution in [-0.4, -0.2) is 5.97 Å². The standard InChI is InChI=1S/C24H15F3O5/c1-14-6-5-9-16(12-14)30-21-20(28)18-11-10-17(13-19(18)32-22(21)24(25,26)27)31-23(29)15-7-3-2-4-8-15/h2-13H,1H3. The molecule has 0 aliphatic carbocycles. The second-order valence-corrected chi connectivity index (χ2v) is 6.92. The molecule has 8 heteroatoms. The predicted octanol–water partition coefficient (Wildman–Crippen LogP) is 6.13. The van der Waals surface area contributed by atoms with E-state index in [1.807, 2.05) is 0 Å². The molecule has 5 nitrogen and oxygen atoms in total. The van der Waals surface area contributed by atoms with E-state index in [2.05, 4.69) is 0 Å². The van der Waals surface area contributed by atoms with Gasteiger partial charge in [0.15, 0.2) is 0 Å². The van der Waals surface area contributed by atoms with E-state index in [0.717, 1.165) is 11.6 Å². The molecule has 0 bridgehead atoms. The lowest BCUT2D eigenvalue weighted by atomic mass is 10.2. The molecule has 0 N–H and O–H groups in total. The fourth-order valence-electron chi connectivity index (χ4n) is 3.04. The summed E-state index contributed by atoms with van der Waals surface area (Å²) in [6.07, 6.45) is -5.00. The number of benzene rings is 3. The summed E-state index contributed by atoms with van der Waals surface area (Å²) in [5.41, 5.74) is -0.392. The lowest BCUT2D eigenvalue weighted by Crippen LogP contribution is -2.15. The van der Waals surface area contributed by atoms with Gasteiger partial charge in [-0.25, -0.2) is 4.79 Å². The maximum absolute atomic E-state index is 13.7. The maximum Gasteiger partial charge on any atom is 0.453 e. The van der Waals surface area contributed by atoms with E-state index in [1.54, 1.807) is 37.3 Å². The van der Waals surface area contributed by atoms with Crippen LogP contribution in [0.25, 0.3) is 11.0 Å². The molecule has 32 heavy (non-hydrogen) atoms. The summed E-state index contributed by atoms with van der Waals surface area (Å²) < 4.78 is 56.5. The number of ether oxygens (including phenoxy) is 2. The summed E-state index contributed by atoms with van der Waals surface area (Å²) in [5, 5.41) is -0.153. The smallest absolute Gasteiger partial charge is 0.449 e. The number of hydrogen-bond donors (Lipinski definition) is 0. The van der Waals surface area contributed by atoms with Crippen molar-refractivity contribution in [3.63, 3.8) is 0 Å². The molecular weight excluding hydrogens is 425 g/mol. The molecule has 0 saturated heterocycles. The van der Waals surface area contributed by atoms with Gasteiger partial charge in [0.05, 0.1) is 10.9 Å². The molecule has 0 fully saturated rings. The predicted molar refractivity (Wildman–Crippen MR) is 110 cm³/mol. The molecule has 0 aliphatic rings. The Morgan fingerprint density at radius 3 is 2.34 bits per heavy atom. The van der Waals surface area contributed by atoms with Crippen molar-refractivity contribution in [2.24, 2.45) is 0 Å². The second kappa shape index (κ2) is 8.22. The summed E-state index contributed by atoms with van der Waals surface area (Å²) in [5.74, 6) is -3.26.